The maximum Gasteiger partial charge on any atom is 0.282 e. The summed E-state index contributed by atoms with van der Waals surface area (Å²) in [6, 6.07) is 8.00. The van der Waals surface area contributed by atoms with Gasteiger partial charge in [0.15, 0.2) is 0 Å². The maximum atomic E-state index is 13.2. The number of fused-ring (bicyclic) bond motifs is 1. The highest BCUT2D eigenvalue weighted by atomic mass is 19.3. The van der Waals surface area contributed by atoms with Crippen LogP contribution in [0.3, 0.4) is 0 Å². The van der Waals surface area contributed by atoms with Crippen LogP contribution in [-0.4, -0.2) is 43.2 Å². The topological polar surface area (TPSA) is 56.0 Å². The number of hydrogen-bond acceptors (Lipinski definition) is 3. The molecule has 1 saturated heterocycles. The highest BCUT2D eigenvalue weighted by Crippen LogP contribution is 2.34. The maximum absolute atomic E-state index is 13.2. The molecule has 0 radical (unpaired) electrons. The Morgan fingerprint density at radius 1 is 1.21 bits per heavy atom. The number of amides is 1. The molecule has 0 saturated carbocycles. The van der Waals surface area contributed by atoms with E-state index in [-0.39, 0.29) is 17.0 Å². The molecular formula is C20H23F2N5O. The minimum Gasteiger partial charge on any atom is -0.334 e. The van der Waals surface area contributed by atoms with Gasteiger partial charge in [-0.15, -0.1) is 0 Å². The van der Waals surface area contributed by atoms with Crippen molar-refractivity contribution >= 4 is 16.9 Å². The summed E-state index contributed by atoms with van der Waals surface area (Å²) in [5.74, 6) is 0.557. The first kappa shape index (κ1) is 18.6. The van der Waals surface area contributed by atoms with Crippen molar-refractivity contribution in [3.05, 3.63) is 47.5 Å². The quantitative estimate of drug-likeness (QED) is 0.689. The molecule has 1 fully saturated rings. The molecule has 4 rings (SSSR count). The van der Waals surface area contributed by atoms with E-state index >= 15 is 0 Å². The first-order valence-corrected chi connectivity index (χ1v) is 9.25. The van der Waals surface area contributed by atoms with Crippen molar-refractivity contribution in [2.45, 2.75) is 38.7 Å². The van der Waals surface area contributed by atoms with Crippen molar-refractivity contribution in [1.82, 2.24) is 24.2 Å². The molecule has 0 atom stereocenters. The van der Waals surface area contributed by atoms with Crippen LogP contribution in [0.4, 0.5) is 8.78 Å². The molecule has 0 N–H and O–H groups in total. The van der Waals surface area contributed by atoms with Gasteiger partial charge in [0.25, 0.3) is 12.3 Å². The van der Waals surface area contributed by atoms with Gasteiger partial charge in [0.2, 0.25) is 0 Å². The third kappa shape index (κ3) is 2.96. The molecule has 3 heterocycles. The number of imidazole rings is 1. The molecular weight excluding hydrogens is 364 g/mol. The summed E-state index contributed by atoms with van der Waals surface area (Å²) in [4.78, 5) is 19.1. The van der Waals surface area contributed by atoms with Crippen LogP contribution in [0.25, 0.3) is 11.0 Å². The Morgan fingerprint density at radius 3 is 2.54 bits per heavy atom. The minimum atomic E-state index is -2.78. The number of benzene rings is 1. The van der Waals surface area contributed by atoms with Gasteiger partial charge in [0.05, 0.1) is 22.6 Å². The Kier molecular flexibility index (Phi) is 4.24. The zero-order chi connectivity index (χ0) is 20.2. The third-order valence-corrected chi connectivity index (χ3v) is 5.08. The molecule has 1 aliphatic rings. The van der Waals surface area contributed by atoms with E-state index in [0.717, 1.165) is 16.9 Å². The summed E-state index contributed by atoms with van der Waals surface area (Å²) in [6.07, 6.45) is -1.41. The lowest BCUT2D eigenvalue weighted by Crippen LogP contribution is -2.51. The molecule has 28 heavy (non-hydrogen) atoms. The summed E-state index contributed by atoms with van der Waals surface area (Å²) >= 11 is 0. The number of likely N-dealkylation sites (tertiary alicyclic amines) is 1. The van der Waals surface area contributed by atoms with E-state index < -0.39 is 18.0 Å². The third-order valence-electron chi connectivity index (χ3n) is 5.08. The van der Waals surface area contributed by atoms with Gasteiger partial charge in [-0.25, -0.2) is 13.8 Å². The van der Waals surface area contributed by atoms with Crippen molar-refractivity contribution in [3.8, 4) is 0 Å². The molecule has 148 valence electrons. The van der Waals surface area contributed by atoms with Crippen molar-refractivity contribution in [2.24, 2.45) is 7.05 Å². The fraction of sp³-hybridized carbons (Fsp3) is 0.450. The second-order valence-electron chi connectivity index (χ2n) is 8.31. The smallest absolute Gasteiger partial charge is 0.282 e. The van der Waals surface area contributed by atoms with Gasteiger partial charge in [0.1, 0.15) is 11.5 Å². The van der Waals surface area contributed by atoms with Gasteiger partial charge >= 0.3 is 0 Å². The molecule has 0 bridgehead atoms. The molecule has 0 unspecified atom stereocenters. The van der Waals surface area contributed by atoms with Gasteiger partial charge in [-0.3, -0.25) is 9.48 Å². The number of nitrogens with zero attached hydrogens (tertiary/aromatic N) is 5. The summed E-state index contributed by atoms with van der Waals surface area (Å²) in [5, 5.41) is 3.73. The zero-order valence-corrected chi connectivity index (χ0v) is 16.4. The van der Waals surface area contributed by atoms with Crippen LogP contribution >= 0.6 is 0 Å². The van der Waals surface area contributed by atoms with Crippen LogP contribution in [-0.2, 0) is 12.5 Å². The average molecular weight is 387 g/mol. The monoisotopic (exact) mass is 387 g/mol. The SMILES string of the molecule is Cn1cc(C(=O)N2CC(n3c(C(C)(C)C)nc4ccccc43)C2)c(C(F)F)n1. The van der Waals surface area contributed by atoms with Gasteiger partial charge in [-0.05, 0) is 12.1 Å². The summed E-state index contributed by atoms with van der Waals surface area (Å²) in [7, 11) is 1.54. The van der Waals surface area contributed by atoms with Gasteiger partial charge < -0.3 is 9.47 Å². The highest BCUT2D eigenvalue weighted by Gasteiger charge is 2.38. The first-order valence-electron chi connectivity index (χ1n) is 9.25. The van der Waals surface area contributed by atoms with Crippen molar-refractivity contribution < 1.29 is 13.6 Å². The Labute approximate surface area is 161 Å². The minimum absolute atomic E-state index is 0.0255. The molecule has 1 aromatic carbocycles. The average Bonchev–Trinajstić information content (AvgIpc) is 3.15. The van der Waals surface area contributed by atoms with E-state index in [4.69, 9.17) is 4.98 Å². The Balaban J connectivity index is 1.62. The van der Waals surface area contributed by atoms with E-state index in [1.165, 1.54) is 17.9 Å². The second-order valence-corrected chi connectivity index (χ2v) is 8.31. The number of alkyl halides is 2. The molecule has 3 aromatic rings. The molecule has 8 heteroatoms. The largest absolute Gasteiger partial charge is 0.334 e. The lowest BCUT2D eigenvalue weighted by molar-refractivity contribution is 0.0509. The first-order chi connectivity index (χ1) is 13.2. The van der Waals surface area contributed by atoms with Crippen LogP contribution < -0.4 is 0 Å². The van der Waals surface area contributed by atoms with Crippen LogP contribution in [0.1, 0.15) is 55.1 Å². The van der Waals surface area contributed by atoms with Crippen molar-refractivity contribution in [3.63, 3.8) is 0 Å². The van der Waals surface area contributed by atoms with Crippen LogP contribution in [0.15, 0.2) is 30.5 Å². The van der Waals surface area contributed by atoms with Gasteiger partial charge in [0, 0.05) is 31.7 Å². The molecule has 1 aliphatic heterocycles. The summed E-state index contributed by atoms with van der Waals surface area (Å²) in [5.41, 5.74) is 1.31. The Morgan fingerprint density at radius 2 is 1.89 bits per heavy atom. The standard InChI is InChI=1S/C20H23F2N5O/c1-20(2,3)19-23-14-7-5-6-8-15(14)27(19)12-9-26(10-12)18(28)13-11-25(4)24-16(13)17(21)22/h5-8,11-12,17H,9-10H2,1-4H3. The number of carbonyl (C=O) groups is 1. The predicted molar refractivity (Wildman–Crippen MR) is 102 cm³/mol. The fourth-order valence-corrected chi connectivity index (χ4v) is 3.73. The van der Waals surface area contributed by atoms with Crippen LogP contribution in [0.2, 0.25) is 0 Å². The van der Waals surface area contributed by atoms with Crippen LogP contribution in [0, 0.1) is 0 Å². The normalized spacial score (nSPS) is 15.5. The van der Waals surface area contributed by atoms with E-state index in [9.17, 15) is 13.6 Å². The van der Waals surface area contributed by atoms with E-state index in [2.05, 4.69) is 30.4 Å². The molecule has 0 aliphatic carbocycles. The number of halogens is 2. The lowest BCUT2D eigenvalue weighted by atomic mass is 9.94. The van der Waals surface area contributed by atoms with E-state index in [0.29, 0.717) is 13.1 Å². The number of hydrogen-bond donors (Lipinski definition) is 0. The summed E-state index contributed by atoms with van der Waals surface area (Å²) < 4.78 is 29.8. The number of aryl methyl sites for hydroxylation is 1. The molecule has 0 spiro atoms. The number of carbonyl (C=O) groups excluding carboxylic acids is 1. The summed E-state index contributed by atoms with van der Waals surface area (Å²) in [6.45, 7) is 7.24. The molecule has 2 aromatic heterocycles. The number of rotatable bonds is 3. The van der Waals surface area contributed by atoms with E-state index in [1.807, 2.05) is 24.3 Å². The van der Waals surface area contributed by atoms with Gasteiger partial charge in [-0.2, -0.15) is 5.10 Å². The lowest BCUT2D eigenvalue weighted by Gasteiger charge is -2.41. The van der Waals surface area contributed by atoms with Crippen molar-refractivity contribution in [2.75, 3.05) is 13.1 Å². The zero-order valence-electron chi connectivity index (χ0n) is 16.4. The number of aromatic nitrogens is 4. The highest BCUT2D eigenvalue weighted by molar-refractivity contribution is 5.95. The van der Waals surface area contributed by atoms with E-state index in [1.54, 1.807) is 4.90 Å². The molecule has 1 amide bonds. The predicted octanol–water partition coefficient (Wildman–Crippen LogP) is 3.70. The molecule has 6 nitrogen and oxygen atoms in total. The van der Waals surface area contributed by atoms with Crippen molar-refractivity contribution in [1.29, 1.82) is 0 Å². The fourth-order valence-electron chi connectivity index (χ4n) is 3.73. The second kappa shape index (κ2) is 6.39. The Hall–Kier alpha value is -2.77. The number of para-hydroxylation sites is 2. The van der Waals surface area contributed by atoms with Crippen LogP contribution in [0.5, 0.6) is 0 Å². The Bertz CT molecular complexity index is 1040. The van der Waals surface area contributed by atoms with Gasteiger partial charge in [-0.1, -0.05) is 32.9 Å².